The molecular formula is C32H49N3O5. The van der Waals surface area contributed by atoms with Crippen molar-refractivity contribution in [3.63, 3.8) is 0 Å². The molecule has 4 rings (SSSR count). The molecule has 4 atom stereocenters. The molecule has 1 aliphatic carbocycles. The number of β-amino-alcohol motifs (C(OH)–C–C–N with tert-alkyl or cyclic N) is 1. The average molecular weight is 556 g/mol. The number of amides is 3. The van der Waals surface area contributed by atoms with Crippen molar-refractivity contribution in [2.45, 2.75) is 76.7 Å². The summed E-state index contributed by atoms with van der Waals surface area (Å²) in [4.78, 5) is 45.2. The minimum absolute atomic E-state index is 0.0222. The van der Waals surface area contributed by atoms with Gasteiger partial charge >= 0.3 is 0 Å². The number of aliphatic hydroxyl groups excluding tert-OH is 1. The van der Waals surface area contributed by atoms with Gasteiger partial charge in [-0.05, 0) is 24.3 Å². The molecule has 8 nitrogen and oxygen atoms in total. The monoisotopic (exact) mass is 555 g/mol. The summed E-state index contributed by atoms with van der Waals surface area (Å²) in [6.07, 6.45) is 7.18. The Kier molecular flexibility index (Phi) is 9.61. The lowest BCUT2D eigenvalue weighted by molar-refractivity contribution is -0.168. The van der Waals surface area contributed by atoms with Crippen molar-refractivity contribution in [3.05, 3.63) is 35.9 Å². The van der Waals surface area contributed by atoms with E-state index in [4.69, 9.17) is 0 Å². The minimum atomic E-state index is -1.21. The third-order valence-corrected chi connectivity index (χ3v) is 9.95. The largest absolute Gasteiger partial charge is 0.396 e. The van der Waals surface area contributed by atoms with E-state index >= 15 is 0 Å². The van der Waals surface area contributed by atoms with Gasteiger partial charge in [-0.1, -0.05) is 76.3 Å². The highest BCUT2D eigenvalue weighted by Gasteiger charge is 2.52. The highest BCUT2D eigenvalue weighted by molar-refractivity contribution is 5.85. The molecule has 2 unspecified atom stereocenters. The molecule has 8 heteroatoms. The van der Waals surface area contributed by atoms with Crippen LogP contribution in [0.1, 0.15) is 76.7 Å². The molecule has 0 aromatic heterocycles. The van der Waals surface area contributed by atoms with Gasteiger partial charge in [0.15, 0.2) is 0 Å². The second-order valence-electron chi connectivity index (χ2n) is 13.4. The van der Waals surface area contributed by atoms with Crippen LogP contribution in [0, 0.1) is 23.2 Å². The summed E-state index contributed by atoms with van der Waals surface area (Å²) in [6, 6.07) is 9.73. The first kappa shape index (κ1) is 30.5. The highest BCUT2D eigenvalue weighted by Crippen LogP contribution is 2.42. The van der Waals surface area contributed by atoms with Crippen molar-refractivity contribution in [2.75, 3.05) is 46.9 Å². The maximum Gasteiger partial charge on any atom is 0.228 e. The Hall–Kier alpha value is -2.45. The van der Waals surface area contributed by atoms with Crippen LogP contribution in [0.5, 0.6) is 0 Å². The van der Waals surface area contributed by atoms with Gasteiger partial charge in [-0.3, -0.25) is 14.4 Å². The fraction of sp³-hybridized carbons (Fsp3) is 0.719. The molecule has 2 aliphatic heterocycles. The van der Waals surface area contributed by atoms with Crippen molar-refractivity contribution >= 4 is 17.7 Å². The Balaban J connectivity index is 1.45. The van der Waals surface area contributed by atoms with Crippen LogP contribution in [-0.2, 0) is 14.4 Å². The smallest absolute Gasteiger partial charge is 0.228 e. The topological polar surface area (TPSA) is 101 Å². The van der Waals surface area contributed by atoms with E-state index in [9.17, 15) is 24.6 Å². The number of carbonyl (C=O) groups is 3. The van der Waals surface area contributed by atoms with E-state index < -0.39 is 22.9 Å². The molecule has 2 saturated heterocycles. The molecule has 0 radical (unpaired) electrons. The third kappa shape index (κ3) is 6.54. The number of carbonyl (C=O) groups excluding carboxylic acids is 3. The predicted octanol–water partition coefficient (Wildman–Crippen LogP) is 3.28. The molecule has 3 aliphatic rings. The first-order chi connectivity index (χ1) is 19.0. The summed E-state index contributed by atoms with van der Waals surface area (Å²) in [5.41, 5.74) is -0.903. The Bertz CT molecular complexity index is 1040. The SMILES string of the molecule is CN(C)C(=O)C1CN(C[C@@]2(O)CCN(C(=O)[C@H](CO)CC3CCCCC3)CC2(C)C)C(=O)CC1c1ccccc1. The normalized spacial score (nSPS) is 28.3. The number of hydrogen-bond donors (Lipinski definition) is 2. The maximum absolute atomic E-state index is 13.5. The maximum atomic E-state index is 13.5. The second-order valence-corrected chi connectivity index (χ2v) is 13.4. The van der Waals surface area contributed by atoms with Crippen LogP contribution in [0.3, 0.4) is 0 Å². The van der Waals surface area contributed by atoms with Crippen molar-refractivity contribution in [2.24, 2.45) is 23.2 Å². The van der Waals surface area contributed by atoms with Gasteiger partial charge in [-0.15, -0.1) is 0 Å². The van der Waals surface area contributed by atoms with Crippen LogP contribution in [0.4, 0.5) is 0 Å². The fourth-order valence-electron chi connectivity index (χ4n) is 7.21. The summed E-state index contributed by atoms with van der Waals surface area (Å²) < 4.78 is 0. The van der Waals surface area contributed by atoms with Gasteiger partial charge in [0.2, 0.25) is 17.7 Å². The molecular weight excluding hydrogens is 506 g/mol. The minimum Gasteiger partial charge on any atom is -0.396 e. The predicted molar refractivity (Wildman–Crippen MR) is 154 cm³/mol. The highest BCUT2D eigenvalue weighted by atomic mass is 16.3. The number of likely N-dealkylation sites (tertiary alicyclic amines) is 2. The van der Waals surface area contributed by atoms with Crippen LogP contribution in [-0.4, -0.2) is 95.1 Å². The van der Waals surface area contributed by atoms with Gasteiger partial charge in [0.1, 0.15) is 0 Å². The molecule has 0 bridgehead atoms. The van der Waals surface area contributed by atoms with E-state index in [1.54, 1.807) is 28.8 Å². The van der Waals surface area contributed by atoms with Crippen molar-refractivity contribution in [1.82, 2.24) is 14.7 Å². The van der Waals surface area contributed by atoms with Gasteiger partial charge in [-0.25, -0.2) is 0 Å². The summed E-state index contributed by atoms with van der Waals surface area (Å²) >= 11 is 0. The zero-order valence-corrected chi connectivity index (χ0v) is 24.8. The number of hydrogen-bond acceptors (Lipinski definition) is 5. The summed E-state index contributed by atoms with van der Waals surface area (Å²) in [7, 11) is 3.48. The molecule has 0 spiro atoms. The number of benzene rings is 1. The zero-order valence-electron chi connectivity index (χ0n) is 24.8. The van der Waals surface area contributed by atoms with E-state index in [1.807, 2.05) is 44.2 Å². The number of piperidine rings is 2. The molecule has 3 fully saturated rings. The number of nitrogens with zero attached hydrogens (tertiary/aromatic N) is 3. The number of aliphatic hydroxyl groups is 2. The quantitative estimate of drug-likeness (QED) is 0.513. The van der Waals surface area contributed by atoms with Crippen molar-refractivity contribution in [3.8, 4) is 0 Å². The van der Waals surface area contributed by atoms with Crippen LogP contribution in [0.2, 0.25) is 0 Å². The van der Waals surface area contributed by atoms with Crippen LogP contribution < -0.4 is 0 Å². The van der Waals surface area contributed by atoms with Gasteiger partial charge in [-0.2, -0.15) is 0 Å². The van der Waals surface area contributed by atoms with Gasteiger partial charge in [0.25, 0.3) is 0 Å². The molecule has 1 aromatic carbocycles. The molecule has 222 valence electrons. The second kappa shape index (κ2) is 12.6. The van der Waals surface area contributed by atoms with Gasteiger partial charge in [0.05, 0.1) is 30.6 Å². The molecule has 1 aromatic rings. The van der Waals surface area contributed by atoms with Crippen LogP contribution in [0.25, 0.3) is 0 Å². The molecule has 2 heterocycles. The van der Waals surface area contributed by atoms with Gasteiger partial charge < -0.3 is 24.9 Å². The molecule has 2 N–H and O–H groups in total. The Morgan fingerprint density at radius 3 is 2.38 bits per heavy atom. The Morgan fingerprint density at radius 2 is 1.77 bits per heavy atom. The van der Waals surface area contributed by atoms with Crippen LogP contribution in [0.15, 0.2) is 30.3 Å². The van der Waals surface area contributed by atoms with E-state index in [1.165, 1.54) is 19.3 Å². The first-order valence-corrected chi connectivity index (χ1v) is 15.1. The van der Waals surface area contributed by atoms with Crippen molar-refractivity contribution < 1.29 is 24.6 Å². The lowest BCUT2D eigenvalue weighted by Crippen LogP contribution is -2.64. The lowest BCUT2D eigenvalue weighted by Gasteiger charge is -2.53. The van der Waals surface area contributed by atoms with E-state index in [0.29, 0.717) is 25.4 Å². The number of rotatable bonds is 8. The average Bonchev–Trinajstić information content (AvgIpc) is 2.94. The standard InChI is InChI=1S/C32H49N3O5/c1-31(2)21-34(29(38)25(20-36)17-23-11-7-5-8-12-23)16-15-32(31,40)22-35-19-27(30(39)33(3)4)26(18-28(35)37)24-13-9-6-10-14-24/h6,9-10,13-14,23,25-27,36,40H,5,7-8,11-12,15-22H2,1-4H3/t25-,26?,27?,32-/m0/s1. The fourth-order valence-corrected chi connectivity index (χ4v) is 7.21. The zero-order chi connectivity index (χ0) is 29.1. The third-order valence-electron chi connectivity index (χ3n) is 9.95. The lowest BCUT2D eigenvalue weighted by atomic mass is 9.68. The van der Waals surface area contributed by atoms with E-state index in [2.05, 4.69) is 0 Å². The molecule has 40 heavy (non-hydrogen) atoms. The van der Waals surface area contributed by atoms with Crippen LogP contribution >= 0.6 is 0 Å². The van der Waals surface area contributed by atoms with Crippen molar-refractivity contribution in [1.29, 1.82) is 0 Å². The van der Waals surface area contributed by atoms with E-state index in [0.717, 1.165) is 24.8 Å². The summed E-state index contributed by atoms with van der Waals surface area (Å²) in [5.74, 6) is -0.623. The summed E-state index contributed by atoms with van der Waals surface area (Å²) in [6.45, 7) is 4.88. The Labute approximate surface area is 239 Å². The summed E-state index contributed by atoms with van der Waals surface area (Å²) in [5, 5.41) is 22.0. The molecule has 1 saturated carbocycles. The van der Waals surface area contributed by atoms with Gasteiger partial charge in [0, 0.05) is 51.5 Å². The first-order valence-electron chi connectivity index (χ1n) is 15.1. The molecule has 3 amide bonds. The van der Waals surface area contributed by atoms with E-state index in [-0.39, 0.29) is 49.8 Å². The Morgan fingerprint density at radius 1 is 1.10 bits per heavy atom.